The summed E-state index contributed by atoms with van der Waals surface area (Å²) in [5.41, 5.74) is 0.934. The number of halogens is 1. The summed E-state index contributed by atoms with van der Waals surface area (Å²) in [7, 11) is -3.34. The van der Waals surface area contributed by atoms with Crippen LogP contribution in [-0.4, -0.2) is 30.4 Å². The molecule has 7 heteroatoms. The van der Waals surface area contributed by atoms with Crippen molar-refractivity contribution in [3.8, 4) is 0 Å². The lowest BCUT2D eigenvalue weighted by molar-refractivity contribution is 0.0857. The number of nitrogens with zero attached hydrogens (tertiary/aromatic N) is 2. The van der Waals surface area contributed by atoms with Crippen LogP contribution in [0.4, 0.5) is 0 Å². The molecule has 0 aromatic heterocycles. The minimum atomic E-state index is -3.34. The highest BCUT2D eigenvalue weighted by atomic mass is 79.9. The van der Waals surface area contributed by atoms with Gasteiger partial charge in [-0.05, 0) is 46.5 Å². The van der Waals surface area contributed by atoms with Crippen molar-refractivity contribution in [2.24, 2.45) is 5.16 Å². The smallest absolute Gasteiger partial charge is 0.243 e. The molecule has 1 aromatic carbocycles. The first-order chi connectivity index (χ1) is 9.57. The van der Waals surface area contributed by atoms with Crippen LogP contribution in [-0.2, 0) is 14.9 Å². The van der Waals surface area contributed by atoms with Crippen LogP contribution in [0.3, 0.4) is 0 Å². The van der Waals surface area contributed by atoms with E-state index in [9.17, 15) is 8.42 Å². The van der Waals surface area contributed by atoms with Gasteiger partial charge in [0.2, 0.25) is 10.0 Å². The maximum absolute atomic E-state index is 12.4. The second kappa shape index (κ2) is 5.46. The van der Waals surface area contributed by atoms with E-state index in [1.165, 1.54) is 0 Å². The first-order valence-corrected chi connectivity index (χ1v) is 8.79. The quantitative estimate of drug-likeness (QED) is 0.834. The van der Waals surface area contributed by atoms with Crippen LogP contribution in [0.2, 0.25) is 0 Å². The number of benzene rings is 1. The molecule has 0 N–H and O–H groups in total. The van der Waals surface area contributed by atoms with Crippen LogP contribution in [0.5, 0.6) is 0 Å². The van der Waals surface area contributed by atoms with Crippen molar-refractivity contribution in [2.75, 3.05) is 13.1 Å². The third-order valence-corrected chi connectivity index (χ3v) is 5.97. The lowest BCUT2D eigenvalue weighted by atomic mass is 10.1. The average molecular weight is 359 g/mol. The molecule has 108 valence electrons. The van der Waals surface area contributed by atoms with E-state index < -0.39 is 10.0 Å². The molecule has 3 rings (SSSR count). The molecule has 0 aliphatic carbocycles. The second-order valence-corrected chi connectivity index (χ2v) is 7.80. The Labute approximate surface area is 126 Å². The van der Waals surface area contributed by atoms with E-state index in [1.807, 2.05) is 0 Å². The summed E-state index contributed by atoms with van der Waals surface area (Å²) in [4.78, 5) is 5.61. The Hall–Kier alpha value is -0.920. The van der Waals surface area contributed by atoms with E-state index in [1.54, 1.807) is 28.6 Å². The number of hydrogen-bond donors (Lipinski definition) is 0. The highest BCUT2D eigenvalue weighted by Gasteiger charge is 2.28. The zero-order valence-corrected chi connectivity index (χ0v) is 13.2. The van der Waals surface area contributed by atoms with Crippen LogP contribution < -0.4 is 0 Å². The molecule has 1 aromatic rings. The zero-order chi connectivity index (χ0) is 14.2. The SMILES string of the molecule is O=S(=O)(c1ccc([C@@H]2CC(Br)=NO2)cc1)N1CCCC1. The maximum Gasteiger partial charge on any atom is 0.243 e. The molecule has 5 nitrogen and oxygen atoms in total. The molecule has 0 radical (unpaired) electrons. The summed E-state index contributed by atoms with van der Waals surface area (Å²) in [6, 6.07) is 6.90. The van der Waals surface area contributed by atoms with Gasteiger partial charge in [0, 0.05) is 19.5 Å². The fourth-order valence-electron chi connectivity index (χ4n) is 2.46. The van der Waals surface area contributed by atoms with Crippen molar-refractivity contribution >= 4 is 30.6 Å². The molecule has 0 amide bonds. The van der Waals surface area contributed by atoms with Crippen LogP contribution >= 0.6 is 15.9 Å². The predicted molar refractivity (Wildman–Crippen MR) is 79.2 cm³/mol. The summed E-state index contributed by atoms with van der Waals surface area (Å²) in [5, 5.41) is 3.83. The van der Waals surface area contributed by atoms with Gasteiger partial charge in [-0.2, -0.15) is 4.31 Å². The van der Waals surface area contributed by atoms with Crippen molar-refractivity contribution in [1.29, 1.82) is 0 Å². The standard InChI is InChI=1S/C13H15BrN2O3S/c14-13-9-12(19-15-13)10-3-5-11(6-4-10)20(17,18)16-7-1-2-8-16/h3-6,12H,1-2,7-9H2/t12-/m0/s1. The van der Waals surface area contributed by atoms with Crippen LogP contribution in [0.25, 0.3) is 0 Å². The summed E-state index contributed by atoms with van der Waals surface area (Å²) in [6.07, 6.45) is 2.43. The molecule has 0 unspecified atom stereocenters. The minimum Gasteiger partial charge on any atom is -0.386 e. The Balaban J connectivity index is 1.79. The van der Waals surface area contributed by atoms with Gasteiger partial charge in [-0.25, -0.2) is 8.42 Å². The van der Waals surface area contributed by atoms with Crippen molar-refractivity contribution in [3.05, 3.63) is 29.8 Å². The van der Waals surface area contributed by atoms with Gasteiger partial charge in [0.25, 0.3) is 0 Å². The molecular formula is C13H15BrN2O3S. The number of sulfonamides is 1. The highest BCUT2D eigenvalue weighted by Crippen LogP contribution is 2.30. The van der Waals surface area contributed by atoms with Gasteiger partial charge in [0.05, 0.1) is 4.90 Å². The van der Waals surface area contributed by atoms with Crippen molar-refractivity contribution in [3.63, 3.8) is 0 Å². The molecule has 2 aliphatic heterocycles. The number of rotatable bonds is 3. The Kier molecular flexibility index (Phi) is 3.83. The van der Waals surface area contributed by atoms with Gasteiger partial charge < -0.3 is 4.84 Å². The molecule has 2 aliphatic rings. The molecule has 1 saturated heterocycles. The lowest BCUT2D eigenvalue weighted by Gasteiger charge is -2.16. The Morgan fingerprint density at radius 3 is 2.40 bits per heavy atom. The van der Waals surface area contributed by atoms with E-state index in [0.717, 1.165) is 23.0 Å². The molecule has 0 bridgehead atoms. The maximum atomic E-state index is 12.4. The van der Waals surface area contributed by atoms with Gasteiger partial charge in [-0.1, -0.05) is 17.3 Å². The monoisotopic (exact) mass is 358 g/mol. The first kappa shape index (κ1) is 14.0. The molecule has 2 heterocycles. The molecule has 1 atom stereocenters. The van der Waals surface area contributed by atoms with Crippen LogP contribution in [0.1, 0.15) is 30.9 Å². The van der Waals surface area contributed by atoms with Crippen molar-refractivity contribution in [1.82, 2.24) is 4.31 Å². The van der Waals surface area contributed by atoms with Gasteiger partial charge in [0.1, 0.15) is 4.62 Å². The molecule has 20 heavy (non-hydrogen) atoms. The second-order valence-electron chi connectivity index (χ2n) is 4.95. The van der Waals surface area contributed by atoms with Crippen molar-refractivity contribution < 1.29 is 13.3 Å². The summed E-state index contributed by atoms with van der Waals surface area (Å²) in [5.74, 6) is 0. The van der Waals surface area contributed by atoms with Crippen LogP contribution in [0.15, 0.2) is 34.3 Å². The van der Waals surface area contributed by atoms with E-state index in [4.69, 9.17) is 4.84 Å². The fraction of sp³-hybridized carbons (Fsp3) is 0.462. The highest BCUT2D eigenvalue weighted by molar-refractivity contribution is 9.18. The van der Waals surface area contributed by atoms with Crippen molar-refractivity contribution in [2.45, 2.75) is 30.3 Å². The lowest BCUT2D eigenvalue weighted by Crippen LogP contribution is -2.27. The summed E-state index contributed by atoms with van der Waals surface area (Å²) in [6.45, 7) is 1.24. The van der Waals surface area contributed by atoms with E-state index in [-0.39, 0.29) is 6.10 Å². The largest absolute Gasteiger partial charge is 0.386 e. The topological polar surface area (TPSA) is 59.0 Å². The normalized spacial score (nSPS) is 23.6. The molecular weight excluding hydrogens is 344 g/mol. The third kappa shape index (κ3) is 2.62. The van der Waals surface area contributed by atoms with Gasteiger partial charge in [-0.15, -0.1) is 0 Å². The Bertz CT molecular complexity index is 622. The van der Waals surface area contributed by atoms with Gasteiger partial charge in [0.15, 0.2) is 6.10 Å². The van der Waals surface area contributed by atoms with E-state index >= 15 is 0 Å². The Morgan fingerprint density at radius 1 is 1.20 bits per heavy atom. The summed E-state index contributed by atoms with van der Waals surface area (Å²) < 4.78 is 27.1. The fourth-order valence-corrected chi connectivity index (χ4v) is 4.35. The minimum absolute atomic E-state index is 0.132. The van der Waals surface area contributed by atoms with E-state index in [2.05, 4.69) is 21.1 Å². The van der Waals surface area contributed by atoms with Gasteiger partial charge in [-0.3, -0.25) is 0 Å². The van der Waals surface area contributed by atoms with E-state index in [0.29, 0.717) is 24.4 Å². The average Bonchev–Trinajstić information content (AvgIpc) is 3.10. The van der Waals surface area contributed by atoms with Gasteiger partial charge >= 0.3 is 0 Å². The third-order valence-electron chi connectivity index (χ3n) is 3.59. The number of hydrogen-bond acceptors (Lipinski definition) is 4. The first-order valence-electron chi connectivity index (χ1n) is 6.56. The molecule has 0 spiro atoms. The molecule has 1 fully saturated rings. The Morgan fingerprint density at radius 2 is 1.85 bits per heavy atom. The van der Waals surface area contributed by atoms with Crippen LogP contribution in [0, 0.1) is 0 Å². The molecule has 0 saturated carbocycles. The predicted octanol–water partition coefficient (Wildman–Crippen LogP) is 2.64. The summed E-state index contributed by atoms with van der Waals surface area (Å²) >= 11 is 3.29. The number of oxime groups is 1. The zero-order valence-electron chi connectivity index (χ0n) is 10.8.